The van der Waals surface area contributed by atoms with Gasteiger partial charge in [-0.1, -0.05) is 12.1 Å². The molecule has 1 heterocycles. The smallest absolute Gasteiger partial charge is 0.343 e. The van der Waals surface area contributed by atoms with Crippen molar-refractivity contribution in [2.24, 2.45) is 0 Å². The number of rotatable bonds is 6. The first-order valence-corrected chi connectivity index (χ1v) is 11.1. The highest BCUT2D eigenvalue weighted by atomic mass is 32.1. The highest BCUT2D eigenvalue weighted by Gasteiger charge is 2.14. The summed E-state index contributed by atoms with van der Waals surface area (Å²) < 4.78 is 6.97. The first-order chi connectivity index (χ1) is 15.4. The minimum atomic E-state index is -0.403. The zero-order chi connectivity index (χ0) is 22.7. The monoisotopic (exact) mass is 443 g/mol. The van der Waals surface area contributed by atoms with Gasteiger partial charge in [0, 0.05) is 51.2 Å². The molecule has 0 unspecified atom stereocenters. The first-order valence-electron chi connectivity index (χ1n) is 10.3. The molecule has 6 heteroatoms. The maximum atomic E-state index is 12.9. The lowest BCUT2D eigenvalue weighted by Crippen LogP contribution is -2.10. The molecule has 0 atom stereocenters. The summed E-state index contributed by atoms with van der Waals surface area (Å²) in [7, 11) is 7.90. The molecule has 0 radical (unpaired) electrons. The minimum absolute atomic E-state index is 0.403. The Morgan fingerprint density at radius 3 is 1.94 bits per heavy atom. The van der Waals surface area contributed by atoms with Gasteiger partial charge in [-0.3, -0.25) is 0 Å². The van der Waals surface area contributed by atoms with Crippen molar-refractivity contribution in [2.45, 2.75) is 0 Å². The summed E-state index contributed by atoms with van der Waals surface area (Å²) in [5.41, 5.74) is 4.32. The van der Waals surface area contributed by atoms with Gasteiger partial charge >= 0.3 is 5.97 Å². The standard InChI is InChI=1S/C26H25N3O2S/c1-28(2)20-13-9-18(10-14-20)23(17-25-27-22-7-5-6-8-24(22)32-25)31-26(30)19-11-15-21(16-12-19)29(3)4/h5-17H,1-4H3/b23-17+. The fourth-order valence-electron chi connectivity index (χ4n) is 3.21. The van der Waals surface area contributed by atoms with Crippen molar-refractivity contribution in [2.75, 3.05) is 38.0 Å². The fourth-order valence-corrected chi connectivity index (χ4v) is 4.11. The van der Waals surface area contributed by atoms with E-state index < -0.39 is 5.97 Å². The molecule has 0 aliphatic carbocycles. The SMILES string of the molecule is CN(C)c1ccc(C(=O)O/C(=C/c2nc3ccccc3s2)c2ccc(N(C)C)cc2)cc1. The number of esters is 1. The van der Waals surface area contributed by atoms with Gasteiger partial charge in [-0.2, -0.15) is 0 Å². The number of hydrogen-bond acceptors (Lipinski definition) is 6. The lowest BCUT2D eigenvalue weighted by atomic mass is 10.1. The Morgan fingerprint density at radius 1 is 0.812 bits per heavy atom. The van der Waals surface area contributed by atoms with Gasteiger partial charge in [-0.25, -0.2) is 9.78 Å². The maximum Gasteiger partial charge on any atom is 0.343 e. The second kappa shape index (κ2) is 9.24. The lowest BCUT2D eigenvalue weighted by Gasteiger charge is -2.15. The number of thiazole rings is 1. The second-order valence-corrected chi connectivity index (χ2v) is 8.86. The predicted octanol–water partition coefficient (Wildman–Crippen LogP) is 5.78. The van der Waals surface area contributed by atoms with Crippen LogP contribution in [0.4, 0.5) is 11.4 Å². The number of anilines is 2. The third-order valence-corrected chi connectivity index (χ3v) is 6.04. The molecule has 0 aliphatic rings. The van der Waals surface area contributed by atoms with Crippen molar-refractivity contribution in [1.82, 2.24) is 4.98 Å². The Bertz CT molecular complexity index is 1220. The van der Waals surface area contributed by atoms with Gasteiger partial charge in [0.1, 0.15) is 10.8 Å². The van der Waals surface area contributed by atoms with Crippen LogP contribution in [0.2, 0.25) is 0 Å². The Morgan fingerprint density at radius 2 is 1.38 bits per heavy atom. The first kappa shape index (κ1) is 21.6. The predicted molar refractivity (Wildman–Crippen MR) is 134 cm³/mol. The zero-order valence-corrected chi connectivity index (χ0v) is 19.4. The normalized spacial score (nSPS) is 11.4. The van der Waals surface area contributed by atoms with E-state index in [0.29, 0.717) is 11.3 Å². The third kappa shape index (κ3) is 4.81. The molecule has 0 saturated carbocycles. The number of fused-ring (bicyclic) bond motifs is 1. The summed E-state index contributed by atoms with van der Waals surface area (Å²) in [4.78, 5) is 21.6. The highest BCUT2D eigenvalue weighted by Crippen LogP contribution is 2.28. The average molecular weight is 444 g/mol. The summed E-state index contributed by atoms with van der Waals surface area (Å²) in [5, 5.41) is 0.786. The Balaban J connectivity index is 1.68. The van der Waals surface area contributed by atoms with E-state index in [0.717, 1.165) is 32.2 Å². The molecule has 0 saturated heterocycles. The van der Waals surface area contributed by atoms with Gasteiger partial charge < -0.3 is 14.5 Å². The van der Waals surface area contributed by atoms with E-state index >= 15 is 0 Å². The molecule has 0 spiro atoms. The van der Waals surface area contributed by atoms with Gasteiger partial charge in [0.2, 0.25) is 0 Å². The van der Waals surface area contributed by atoms with Crippen LogP contribution in [0, 0.1) is 0 Å². The summed E-state index contributed by atoms with van der Waals surface area (Å²) >= 11 is 1.56. The Labute approximate surface area is 192 Å². The van der Waals surface area contributed by atoms with Crippen LogP contribution < -0.4 is 9.80 Å². The van der Waals surface area contributed by atoms with Crippen molar-refractivity contribution in [1.29, 1.82) is 0 Å². The van der Waals surface area contributed by atoms with Crippen LogP contribution in [0.1, 0.15) is 20.9 Å². The number of benzene rings is 3. The number of para-hydroxylation sites is 1. The van der Waals surface area contributed by atoms with E-state index in [1.807, 2.05) is 105 Å². The van der Waals surface area contributed by atoms with Crippen molar-refractivity contribution in [3.05, 3.63) is 88.9 Å². The molecule has 32 heavy (non-hydrogen) atoms. The number of aromatic nitrogens is 1. The molecule has 0 bridgehead atoms. The number of carbonyl (C=O) groups is 1. The van der Waals surface area contributed by atoms with Crippen LogP contribution in [0.3, 0.4) is 0 Å². The number of nitrogens with zero attached hydrogens (tertiary/aromatic N) is 3. The Hall–Kier alpha value is -3.64. The highest BCUT2D eigenvalue weighted by molar-refractivity contribution is 7.19. The average Bonchev–Trinajstić information content (AvgIpc) is 3.21. The maximum absolute atomic E-state index is 12.9. The largest absolute Gasteiger partial charge is 0.422 e. The molecule has 4 rings (SSSR count). The van der Waals surface area contributed by atoms with Crippen LogP contribution >= 0.6 is 11.3 Å². The molecule has 0 aliphatic heterocycles. The topological polar surface area (TPSA) is 45.7 Å². The van der Waals surface area contributed by atoms with Gasteiger partial charge in [0.15, 0.2) is 0 Å². The van der Waals surface area contributed by atoms with E-state index in [1.165, 1.54) is 0 Å². The fraction of sp³-hybridized carbons (Fsp3) is 0.154. The minimum Gasteiger partial charge on any atom is -0.422 e. The van der Waals surface area contributed by atoms with Gasteiger partial charge in [-0.15, -0.1) is 11.3 Å². The molecule has 0 N–H and O–H groups in total. The van der Waals surface area contributed by atoms with Crippen molar-refractivity contribution >= 4 is 50.7 Å². The molecular formula is C26H25N3O2S. The molecule has 0 fully saturated rings. The van der Waals surface area contributed by atoms with Crippen LogP contribution in [0.25, 0.3) is 22.1 Å². The number of ether oxygens (including phenoxy) is 1. The second-order valence-electron chi connectivity index (χ2n) is 7.80. The summed E-state index contributed by atoms with van der Waals surface area (Å²) in [6, 6.07) is 23.3. The van der Waals surface area contributed by atoms with E-state index in [1.54, 1.807) is 23.5 Å². The van der Waals surface area contributed by atoms with Gasteiger partial charge in [0.25, 0.3) is 0 Å². The Kier molecular flexibility index (Phi) is 6.23. The molecule has 5 nitrogen and oxygen atoms in total. The zero-order valence-electron chi connectivity index (χ0n) is 18.6. The summed E-state index contributed by atoms with van der Waals surface area (Å²) in [6.07, 6.45) is 1.83. The van der Waals surface area contributed by atoms with E-state index in [-0.39, 0.29) is 0 Å². The molecule has 4 aromatic rings. The summed E-state index contributed by atoms with van der Waals surface area (Å²) in [5.74, 6) is 0.0652. The van der Waals surface area contributed by atoms with Crippen molar-refractivity contribution in [3.8, 4) is 0 Å². The quantitative estimate of drug-likeness (QED) is 0.279. The van der Waals surface area contributed by atoms with Crippen molar-refractivity contribution < 1.29 is 9.53 Å². The van der Waals surface area contributed by atoms with E-state index in [2.05, 4.69) is 4.98 Å². The van der Waals surface area contributed by atoms with Gasteiger partial charge in [-0.05, 0) is 60.7 Å². The molecule has 1 aromatic heterocycles. The van der Waals surface area contributed by atoms with Crippen LogP contribution in [0.15, 0.2) is 72.8 Å². The third-order valence-electron chi connectivity index (χ3n) is 5.06. The lowest BCUT2D eigenvalue weighted by molar-refractivity contribution is 0.0693. The molecule has 3 aromatic carbocycles. The number of carbonyl (C=O) groups excluding carboxylic acids is 1. The van der Waals surface area contributed by atoms with Crippen LogP contribution in [0.5, 0.6) is 0 Å². The molecular weight excluding hydrogens is 418 g/mol. The van der Waals surface area contributed by atoms with Crippen LogP contribution in [-0.2, 0) is 4.74 Å². The number of hydrogen-bond donors (Lipinski definition) is 0. The summed E-state index contributed by atoms with van der Waals surface area (Å²) in [6.45, 7) is 0. The molecule has 0 amide bonds. The van der Waals surface area contributed by atoms with E-state index in [4.69, 9.17) is 4.74 Å². The van der Waals surface area contributed by atoms with E-state index in [9.17, 15) is 4.79 Å². The molecule has 162 valence electrons. The van der Waals surface area contributed by atoms with Crippen LogP contribution in [-0.4, -0.2) is 39.1 Å². The van der Waals surface area contributed by atoms with Gasteiger partial charge in [0.05, 0.1) is 15.8 Å². The van der Waals surface area contributed by atoms with Crippen molar-refractivity contribution in [3.63, 3.8) is 0 Å².